The Morgan fingerprint density at radius 3 is 2.62 bits per heavy atom. The summed E-state index contributed by atoms with van der Waals surface area (Å²) in [6.07, 6.45) is 2.21. The van der Waals surface area contributed by atoms with E-state index in [1.54, 1.807) is 19.1 Å². The molecule has 0 fully saturated rings. The minimum Gasteiger partial charge on any atom is -0.481 e. The van der Waals surface area contributed by atoms with Crippen molar-refractivity contribution in [1.29, 1.82) is 0 Å². The van der Waals surface area contributed by atoms with Crippen LogP contribution in [-0.2, 0) is 9.53 Å². The second kappa shape index (κ2) is 8.46. The number of hydrogen-bond acceptors (Lipinski definition) is 4. The van der Waals surface area contributed by atoms with Crippen molar-refractivity contribution in [2.24, 2.45) is 5.92 Å². The number of ether oxygens (including phenoxy) is 1. The Hall–Kier alpha value is -1.82. The number of carboxylic acid groups (broad SMARTS) is 1. The maximum absolute atomic E-state index is 12.3. The van der Waals surface area contributed by atoms with Crippen molar-refractivity contribution in [2.75, 3.05) is 19.7 Å². The molecule has 0 aliphatic rings. The minimum atomic E-state index is -0.925. The third-order valence-corrected chi connectivity index (χ3v) is 2.96. The number of nitrogens with zero attached hydrogens (tertiary/aromatic N) is 1. The number of aliphatic carboxylic acids is 1. The Morgan fingerprint density at radius 2 is 2.10 bits per heavy atom. The van der Waals surface area contributed by atoms with E-state index in [0.717, 1.165) is 0 Å². The molecule has 1 aromatic rings. The van der Waals surface area contributed by atoms with Crippen molar-refractivity contribution in [3.05, 3.63) is 24.2 Å². The van der Waals surface area contributed by atoms with Gasteiger partial charge in [0.05, 0.1) is 18.3 Å². The van der Waals surface area contributed by atoms with E-state index < -0.39 is 11.9 Å². The van der Waals surface area contributed by atoms with E-state index in [4.69, 9.17) is 14.3 Å². The molecule has 0 saturated heterocycles. The zero-order chi connectivity index (χ0) is 15.8. The molecule has 0 spiro atoms. The minimum absolute atomic E-state index is 0.136. The molecule has 0 saturated carbocycles. The predicted molar refractivity (Wildman–Crippen MR) is 77.1 cm³/mol. The molecule has 0 bridgehead atoms. The number of rotatable bonds is 9. The zero-order valence-corrected chi connectivity index (χ0v) is 12.7. The molecule has 1 unspecified atom stereocenters. The first-order chi connectivity index (χ1) is 9.91. The number of hydrogen-bond donors (Lipinski definition) is 1. The summed E-state index contributed by atoms with van der Waals surface area (Å²) in [6, 6.07) is 3.21. The van der Waals surface area contributed by atoms with Crippen LogP contribution in [0.2, 0.25) is 0 Å². The van der Waals surface area contributed by atoms with Gasteiger partial charge in [0.1, 0.15) is 0 Å². The van der Waals surface area contributed by atoms with Crippen LogP contribution in [0, 0.1) is 5.92 Å². The van der Waals surface area contributed by atoms with Crippen LogP contribution in [-0.4, -0.2) is 47.7 Å². The van der Waals surface area contributed by atoms with Crippen molar-refractivity contribution in [1.82, 2.24) is 4.90 Å². The summed E-state index contributed by atoms with van der Waals surface area (Å²) in [4.78, 5) is 24.8. The van der Waals surface area contributed by atoms with Gasteiger partial charge < -0.3 is 19.2 Å². The van der Waals surface area contributed by atoms with E-state index in [0.29, 0.717) is 19.6 Å². The molecule has 118 valence electrons. The number of carbonyl (C=O) groups excluding carboxylic acids is 1. The number of furan rings is 1. The second-order valence-corrected chi connectivity index (χ2v) is 5.24. The highest BCUT2D eigenvalue weighted by atomic mass is 16.5. The van der Waals surface area contributed by atoms with Gasteiger partial charge >= 0.3 is 5.97 Å². The Morgan fingerprint density at radius 1 is 1.38 bits per heavy atom. The van der Waals surface area contributed by atoms with Gasteiger partial charge in [-0.2, -0.15) is 0 Å². The lowest BCUT2D eigenvalue weighted by Gasteiger charge is -2.23. The molecular formula is C15H23NO5. The van der Waals surface area contributed by atoms with E-state index in [-0.39, 0.29) is 24.3 Å². The topological polar surface area (TPSA) is 80.0 Å². The molecular weight excluding hydrogens is 274 g/mol. The van der Waals surface area contributed by atoms with Gasteiger partial charge in [0.15, 0.2) is 5.76 Å². The average molecular weight is 297 g/mol. The molecule has 1 N–H and O–H groups in total. The second-order valence-electron chi connectivity index (χ2n) is 5.24. The Kier molecular flexibility index (Phi) is 6.94. The summed E-state index contributed by atoms with van der Waals surface area (Å²) in [7, 11) is 0. The lowest BCUT2D eigenvalue weighted by Crippen LogP contribution is -2.38. The van der Waals surface area contributed by atoms with Gasteiger partial charge in [-0.05, 0) is 32.4 Å². The lowest BCUT2D eigenvalue weighted by atomic mass is 10.1. The number of amides is 1. The largest absolute Gasteiger partial charge is 0.481 e. The van der Waals surface area contributed by atoms with Gasteiger partial charge in [-0.1, -0.05) is 6.92 Å². The molecule has 21 heavy (non-hydrogen) atoms. The van der Waals surface area contributed by atoms with Crippen molar-refractivity contribution < 1.29 is 23.8 Å². The van der Waals surface area contributed by atoms with Gasteiger partial charge in [0.25, 0.3) is 5.91 Å². The van der Waals surface area contributed by atoms with Crippen molar-refractivity contribution in [3.63, 3.8) is 0 Å². The summed E-state index contributed by atoms with van der Waals surface area (Å²) in [5, 5.41) is 9.00. The molecule has 1 amide bonds. The summed E-state index contributed by atoms with van der Waals surface area (Å²) < 4.78 is 10.5. The highest BCUT2D eigenvalue weighted by Crippen LogP contribution is 2.10. The van der Waals surface area contributed by atoms with Crippen LogP contribution in [0.15, 0.2) is 22.8 Å². The quantitative estimate of drug-likeness (QED) is 0.707. The van der Waals surface area contributed by atoms with Gasteiger partial charge in [0, 0.05) is 19.7 Å². The van der Waals surface area contributed by atoms with E-state index in [9.17, 15) is 9.59 Å². The fourth-order valence-electron chi connectivity index (χ4n) is 1.81. The van der Waals surface area contributed by atoms with Gasteiger partial charge in [-0.3, -0.25) is 9.59 Å². The summed E-state index contributed by atoms with van der Waals surface area (Å²) >= 11 is 0. The molecule has 0 aliphatic carbocycles. The number of carboxylic acids is 1. The standard InChI is InChI=1S/C15H23NO5/c1-11(2)20-9-5-7-16(10-12(3)15(18)19)14(17)13-6-4-8-21-13/h4,6,8,11-12H,5,7,9-10H2,1-3H3,(H,18,19). The van der Waals surface area contributed by atoms with Gasteiger partial charge in [-0.15, -0.1) is 0 Å². The van der Waals surface area contributed by atoms with Crippen LogP contribution in [0.5, 0.6) is 0 Å². The first kappa shape index (κ1) is 17.2. The highest BCUT2D eigenvalue weighted by Gasteiger charge is 2.22. The molecule has 0 aliphatic heterocycles. The third-order valence-electron chi connectivity index (χ3n) is 2.96. The summed E-state index contributed by atoms with van der Waals surface area (Å²) in [6.45, 7) is 6.58. The Labute approximate surface area is 124 Å². The molecule has 1 heterocycles. The summed E-state index contributed by atoms with van der Waals surface area (Å²) in [5.74, 6) is -1.63. The van der Waals surface area contributed by atoms with Crippen LogP contribution < -0.4 is 0 Å². The fourth-order valence-corrected chi connectivity index (χ4v) is 1.81. The van der Waals surface area contributed by atoms with Crippen molar-refractivity contribution in [2.45, 2.75) is 33.3 Å². The summed E-state index contributed by atoms with van der Waals surface area (Å²) in [5.41, 5.74) is 0. The van der Waals surface area contributed by atoms with E-state index in [1.807, 2.05) is 13.8 Å². The van der Waals surface area contributed by atoms with Gasteiger partial charge in [-0.25, -0.2) is 0 Å². The zero-order valence-electron chi connectivity index (χ0n) is 12.7. The first-order valence-corrected chi connectivity index (χ1v) is 7.09. The molecule has 1 atom stereocenters. The molecule has 1 rings (SSSR count). The Bertz CT molecular complexity index is 441. The first-order valence-electron chi connectivity index (χ1n) is 7.09. The van der Waals surface area contributed by atoms with Crippen LogP contribution in [0.25, 0.3) is 0 Å². The maximum Gasteiger partial charge on any atom is 0.308 e. The highest BCUT2D eigenvalue weighted by molar-refractivity contribution is 5.91. The van der Waals surface area contributed by atoms with E-state index in [1.165, 1.54) is 11.2 Å². The molecule has 1 aromatic heterocycles. The van der Waals surface area contributed by atoms with Crippen molar-refractivity contribution in [3.8, 4) is 0 Å². The van der Waals surface area contributed by atoms with Crippen LogP contribution in [0.4, 0.5) is 0 Å². The van der Waals surface area contributed by atoms with E-state index in [2.05, 4.69) is 0 Å². The monoisotopic (exact) mass is 297 g/mol. The Balaban J connectivity index is 2.61. The average Bonchev–Trinajstić information content (AvgIpc) is 2.94. The molecule has 6 nitrogen and oxygen atoms in total. The molecule has 0 aromatic carbocycles. The normalized spacial score (nSPS) is 12.4. The smallest absolute Gasteiger partial charge is 0.308 e. The van der Waals surface area contributed by atoms with Crippen molar-refractivity contribution >= 4 is 11.9 Å². The van der Waals surface area contributed by atoms with Crippen LogP contribution >= 0.6 is 0 Å². The predicted octanol–water partition coefficient (Wildman–Crippen LogP) is 2.26. The maximum atomic E-state index is 12.3. The molecule has 0 radical (unpaired) electrons. The lowest BCUT2D eigenvalue weighted by molar-refractivity contribution is -0.141. The van der Waals surface area contributed by atoms with Gasteiger partial charge in [0.2, 0.25) is 0 Å². The fraction of sp³-hybridized carbons (Fsp3) is 0.600. The number of carbonyl (C=O) groups is 2. The van der Waals surface area contributed by atoms with Crippen LogP contribution in [0.3, 0.4) is 0 Å². The molecule has 6 heteroatoms. The third kappa shape index (κ3) is 5.99. The van der Waals surface area contributed by atoms with Crippen LogP contribution in [0.1, 0.15) is 37.7 Å². The SMILES string of the molecule is CC(C)OCCCN(CC(C)C(=O)O)C(=O)c1ccco1. The van der Waals surface area contributed by atoms with E-state index >= 15 is 0 Å².